The van der Waals surface area contributed by atoms with Gasteiger partial charge >= 0.3 is 0 Å². The predicted octanol–water partition coefficient (Wildman–Crippen LogP) is 4.45. The minimum absolute atomic E-state index is 0.327. The molecule has 0 saturated carbocycles. The lowest BCUT2D eigenvalue weighted by Gasteiger charge is -2.32. The molecular formula is C14H28O. The second-order valence-electron chi connectivity index (χ2n) is 6.05. The van der Waals surface area contributed by atoms with Crippen LogP contribution >= 0.6 is 0 Å². The molecule has 0 aromatic rings. The van der Waals surface area contributed by atoms with E-state index in [2.05, 4.69) is 34.6 Å². The van der Waals surface area contributed by atoms with Crippen molar-refractivity contribution in [2.45, 2.75) is 67.2 Å². The molecule has 0 N–H and O–H groups in total. The standard InChI is InChI=1S/C14H28O/c1-7-11(2)10-13(14(4,5)6)9-8-12(3)15/h11,13H,7-10H2,1-6H3. The molecule has 0 amide bonds. The lowest BCUT2D eigenvalue weighted by atomic mass is 9.73. The number of hydrogen-bond acceptors (Lipinski definition) is 1. The molecule has 0 fully saturated rings. The lowest BCUT2D eigenvalue weighted by molar-refractivity contribution is -0.117. The first kappa shape index (κ1) is 14.7. The van der Waals surface area contributed by atoms with Crippen LogP contribution in [0.4, 0.5) is 0 Å². The van der Waals surface area contributed by atoms with E-state index in [0.717, 1.165) is 18.8 Å². The van der Waals surface area contributed by atoms with Gasteiger partial charge in [0.1, 0.15) is 5.78 Å². The smallest absolute Gasteiger partial charge is 0.129 e. The van der Waals surface area contributed by atoms with Crippen LogP contribution in [0, 0.1) is 17.3 Å². The summed E-state index contributed by atoms with van der Waals surface area (Å²) >= 11 is 0. The molecule has 2 unspecified atom stereocenters. The Morgan fingerprint density at radius 1 is 1.27 bits per heavy atom. The van der Waals surface area contributed by atoms with Gasteiger partial charge in [-0.1, -0.05) is 41.0 Å². The Morgan fingerprint density at radius 3 is 2.13 bits per heavy atom. The quantitative estimate of drug-likeness (QED) is 0.635. The van der Waals surface area contributed by atoms with Crippen molar-refractivity contribution in [2.75, 3.05) is 0 Å². The molecule has 0 aliphatic heterocycles. The number of ketones is 1. The van der Waals surface area contributed by atoms with E-state index in [-0.39, 0.29) is 0 Å². The Balaban J connectivity index is 4.26. The first-order valence-electron chi connectivity index (χ1n) is 6.26. The molecule has 0 radical (unpaired) electrons. The summed E-state index contributed by atoms with van der Waals surface area (Å²) in [6.07, 6.45) is 4.31. The van der Waals surface area contributed by atoms with E-state index in [4.69, 9.17) is 0 Å². The first-order valence-corrected chi connectivity index (χ1v) is 6.26. The van der Waals surface area contributed by atoms with Crippen molar-refractivity contribution < 1.29 is 4.79 Å². The van der Waals surface area contributed by atoms with Gasteiger partial charge in [0.2, 0.25) is 0 Å². The number of rotatable bonds is 6. The molecule has 1 heteroatoms. The van der Waals surface area contributed by atoms with E-state index >= 15 is 0 Å². The van der Waals surface area contributed by atoms with Gasteiger partial charge in [-0.25, -0.2) is 0 Å². The van der Waals surface area contributed by atoms with Crippen molar-refractivity contribution in [1.82, 2.24) is 0 Å². The van der Waals surface area contributed by atoms with Crippen molar-refractivity contribution in [3.05, 3.63) is 0 Å². The van der Waals surface area contributed by atoms with Crippen LogP contribution in [-0.4, -0.2) is 5.78 Å². The summed E-state index contributed by atoms with van der Waals surface area (Å²) in [7, 11) is 0. The van der Waals surface area contributed by atoms with Crippen LogP contribution < -0.4 is 0 Å². The first-order chi connectivity index (χ1) is 6.77. The average Bonchev–Trinajstić information content (AvgIpc) is 2.09. The van der Waals surface area contributed by atoms with E-state index in [1.54, 1.807) is 6.92 Å². The highest BCUT2D eigenvalue weighted by molar-refractivity contribution is 5.75. The summed E-state index contributed by atoms with van der Waals surface area (Å²) in [5.74, 6) is 1.78. The maximum absolute atomic E-state index is 11.0. The molecule has 1 nitrogen and oxygen atoms in total. The fourth-order valence-electron chi connectivity index (χ4n) is 1.93. The van der Waals surface area contributed by atoms with Crippen molar-refractivity contribution in [3.63, 3.8) is 0 Å². The zero-order valence-corrected chi connectivity index (χ0v) is 11.4. The highest BCUT2D eigenvalue weighted by Crippen LogP contribution is 2.35. The van der Waals surface area contributed by atoms with Gasteiger partial charge in [0.25, 0.3) is 0 Å². The molecule has 0 spiro atoms. The Kier molecular flexibility index (Phi) is 6.16. The van der Waals surface area contributed by atoms with Crippen LogP contribution in [0.3, 0.4) is 0 Å². The van der Waals surface area contributed by atoms with Gasteiger partial charge in [0.05, 0.1) is 0 Å². The molecule has 0 aliphatic rings. The molecule has 90 valence electrons. The number of carbonyl (C=O) groups excluding carboxylic acids is 1. The molecule has 0 aromatic carbocycles. The minimum atomic E-state index is 0.327. The Bertz CT molecular complexity index is 188. The Labute approximate surface area is 95.6 Å². The van der Waals surface area contributed by atoms with Gasteiger partial charge in [-0.05, 0) is 37.0 Å². The van der Waals surface area contributed by atoms with Crippen LogP contribution in [0.25, 0.3) is 0 Å². The van der Waals surface area contributed by atoms with E-state index in [0.29, 0.717) is 17.1 Å². The zero-order chi connectivity index (χ0) is 12.1. The fraction of sp³-hybridized carbons (Fsp3) is 0.929. The third kappa shape index (κ3) is 6.70. The summed E-state index contributed by atoms with van der Waals surface area (Å²) in [5.41, 5.74) is 0.332. The fourth-order valence-corrected chi connectivity index (χ4v) is 1.93. The summed E-state index contributed by atoms with van der Waals surface area (Å²) in [6.45, 7) is 13.1. The van der Waals surface area contributed by atoms with E-state index in [1.807, 2.05) is 0 Å². The predicted molar refractivity (Wildman–Crippen MR) is 66.9 cm³/mol. The maximum atomic E-state index is 11.0. The number of hydrogen-bond donors (Lipinski definition) is 0. The molecule has 0 bridgehead atoms. The molecule has 0 aliphatic carbocycles. The van der Waals surface area contributed by atoms with Crippen LogP contribution in [0.5, 0.6) is 0 Å². The second-order valence-corrected chi connectivity index (χ2v) is 6.05. The summed E-state index contributed by atoms with van der Waals surface area (Å²) in [6, 6.07) is 0. The largest absolute Gasteiger partial charge is 0.300 e. The Morgan fingerprint density at radius 2 is 1.80 bits per heavy atom. The summed E-state index contributed by atoms with van der Waals surface area (Å²) < 4.78 is 0. The molecule has 0 rings (SSSR count). The zero-order valence-electron chi connectivity index (χ0n) is 11.4. The van der Waals surface area contributed by atoms with Crippen LogP contribution in [0.15, 0.2) is 0 Å². The molecule has 15 heavy (non-hydrogen) atoms. The van der Waals surface area contributed by atoms with E-state index in [1.165, 1.54) is 12.8 Å². The topological polar surface area (TPSA) is 17.1 Å². The second kappa shape index (κ2) is 6.30. The van der Waals surface area contributed by atoms with Crippen molar-refractivity contribution in [1.29, 1.82) is 0 Å². The monoisotopic (exact) mass is 212 g/mol. The number of carbonyl (C=O) groups is 1. The average molecular weight is 212 g/mol. The Hall–Kier alpha value is -0.330. The van der Waals surface area contributed by atoms with E-state index < -0.39 is 0 Å². The van der Waals surface area contributed by atoms with Gasteiger partial charge in [0.15, 0.2) is 0 Å². The maximum Gasteiger partial charge on any atom is 0.129 e. The molecule has 0 aromatic heterocycles. The van der Waals surface area contributed by atoms with Crippen molar-refractivity contribution >= 4 is 5.78 Å². The molecule has 0 heterocycles. The third-order valence-electron chi connectivity index (χ3n) is 3.45. The molecular weight excluding hydrogens is 184 g/mol. The molecule has 0 saturated heterocycles. The van der Waals surface area contributed by atoms with Crippen molar-refractivity contribution in [2.24, 2.45) is 17.3 Å². The third-order valence-corrected chi connectivity index (χ3v) is 3.45. The van der Waals surface area contributed by atoms with Crippen LogP contribution in [0.1, 0.15) is 67.2 Å². The van der Waals surface area contributed by atoms with Gasteiger partial charge in [0, 0.05) is 6.42 Å². The van der Waals surface area contributed by atoms with Crippen molar-refractivity contribution in [3.8, 4) is 0 Å². The number of Topliss-reactive ketones (excluding diaryl/α,β-unsaturated/α-hetero) is 1. The van der Waals surface area contributed by atoms with Gasteiger partial charge < -0.3 is 4.79 Å². The van der Waals surface area contributed by atoms with Crippen LogP contribution in [-0.2, 0) is 4.79 Å². The van der Waals surface area contributed by atoms with Gasteiger partial charge in [-0.15, -0.1) is 0 Å². The minimum Gasteiger partial charge on any atom is -0.300 e. The SMILES string of the molecule is CCC(C)CC(CCC(C)=O)C(C)(C)C. The molecule has 2 atom stereocenters. The normalized spacial score (nSPS) is 16.1. The highest BCUT2D eigenvalue weighted by atomic mass is 16.1. The summed E-state index contributed by atoms with van der Waals surface area (Å²) in [5, 5.41) is 0. The lowest BCUT2D eigenvalue weighted by Crippen LogP contribution is -2.23. The van der Waals surface area contributed by atoms with E-state index in [9.17, 15) is 4.79 Å². The summed E-state index contributed by atoms with van der Waals surface area (Å²) in [4.78, 5) is 11.0. The van der Waals surface area contributed by atoms with Gasteiger partial charge in [-0.3, -0.25) is 0 Å². The highest BCUT2D eigenvalue weighted by Gasteiger charge is 2.25. The van der Waals surface area contributed by atoms with Crippen LogP contribution in [0.2, 0.25) is 0 Å². The van der Waals surface area contributed by atoms with Gasteiger partial charge in [-0.2, -0.15) is 0 Å².